The van der Waals surface area contributed by atoms with Crippen LogP contribution in [-0.4, -0.2) is 37.7 Å². The predicted octanol–water partition coefficient (Wildman–Crippen LogP) is 1.12. The molecule has 10 heavy (non-hydrogen) atoms. The highest BCUT2D eigenvalue weighted by atomic mass is 16.5. The van der Waals surface area contributed by atoms with Crippen LogP contribution in [0, 0.1) is 0 Å². The van der Waals surface area contributed by atoms with Crippen LogP contribution in [0.5, 0.6) is 0 Å². The van der Waals surface area contributed by atoms with Crippen molar-refractivity contribution in [2.24, 2.45) is 0 Å². The highest BCUT2D eigenvalue weighted by Crippen LogP contribution is 2.31. The molecule has 0 spiro atoms. The van der Waals surface area contributed by atoms with Crippen molar-refractivity contribution in [3.05, 3.63) is 0 Å². The van der Waals surface area contributed by atoms with Crippen LogP contribution in [0.4, 0.5) is 0 Å². The number of likely N-dealkylation sites (tertiary alicyclic amines) is 1. The number of nitrogens with zero attached hydrogens (tertiary/aromatic N) is 1. The minimum absolute atomic E-state index is 0.384. The summed E-state index contributed by atoms with van der Waals surface area (Å²) in [5.74, 6) is 0. The number of rotatable bonds is 3. The molecule has 2 heteroatoms. The SMILES string of the molecule is CCC1(COC)CCN1C. The van der Waals surface area contributed by atoms with Crippen molar-refractivity contribution in [3.8, 4) is 0 Å². The quantitative estimate of drug-likeness (QED) is 0.587. The predicted molar refractivity (Wildman–Crippen MR) is 42.1 cm³/mol. The van der Waals surface area contributed by atoms with Gasteiger partial charge in [-0.3, -0.25) is 4.90 Å². The number of ether oxygens (including phenoxy) is 1. The lowest BCUT2D eigenvalue weighted by Crippen LogP contribution is -2.59. The lowest BCUT2D eigenvalue weighted by atomic mass is 9.84. The molecule has 0 aromatic carbocycles. The van der Waals surface area contributed by atoms with Gasteiger partial charge in [0.15, 0.2) is 0 Å². The third kappa shape index (κ3) is 1.06. The summed E-state index contributed by atoms with van der Waals surface area (Å²) in [4.78, 5) is 2.39. The van der Waals surface area contributed by atoms with Crippen LogP contribution in [0.25, 0.3) is 0 Å². The Morgan fingerprint density at radius 3 is 2.40 bits per heavy atom. The van der Waals surface area contributed by atoms with Gasteiger partial charge in [0.25, 0.3) is 0 Å². The maximum absolute atomic E-state index is 5.17. The third-order valence-electron chi connectivity index (χ3n) is 2.79. The molecule has 1 aliphatic heterocycles. The molecule has 1 fully saturated rings. The molecule has 1 heterocycles. The molecule has 2 nitrogen and oxygen atoms in total. The lowest BCUT2D eigenvalue weighted by molar-refractivity contribution is -0.0498. The molecule has 0 amide bonds. The Balaban J connectivity index is 2.43. The highest BCUT2D eigenvalue weighted by Gasteiger charge is 2.40. The van der Waals surface area contributed by atoms with E-state index in [1.807, 2.05) is 0 Å². The van der Waals surface area contributed by atoms with Crippen molar-refractivity contribution in [2.75, 3.05) is 27.3 Å². The van der Waals surface area contributed by atoms with E-state index in [0.29, 0.717) is 5.54 Å². The standard InChI is InChI=1S/C8H17NO/c1-4-8(7-10-3)5-6-9(8)2/h4-7H2,1-3H3. The van der Waals surface area contributed by atoms with Crippen molar-refractivity contribution in [2.45, 2.75) is 25.3 Å². The maximum atomic E-state index is 5.17. The van der Waals surface area contributed by atoms with E-state index in [-0.39, 0.29) is 0 Å². The van der Waals surface area contributed by atoms with E-state index in [1.165, 1.54) is 19.4 Å². The molecule has 60 valence electrons. The van der Waals surface area contributed by atoms with Crippen LogP contribution >= 0.6 is 0 Å². The van der Waals surface area contributed by atoms with Gasteiger partial charge in [-0.1, -0.05) is 6.92 Å². The molecule has 0 radical (unpaired) electrons. The zero-order valence-corrected chi connectivity index (χ0v) is 7.18. The zero-order valence-electron chi connectivity index (χ0n) is 7.18. The van der Waals surface area contributed by atoms with E-state index in [4.69, 9.17) is 4.74 Å². The number of likely N-dealkylation sites (N-methyl/N-ethyl adjacent to an activating group) is 1. The molecule has 1 rings (SSSR count). The van der Waals surface area contributed by atoms with Crippen molar-refractivity contribution in [1.82, 2.24) is 4.90 Å². The first-order valence-electron chi connectivity index (χ1n) is 3.95. The summed E-state index contributed by atoms with van der Waals surface area (Å²) in [6.45, 7) is 4.35. The van der Waals surface area contributed by atoms with Gasteiger partial charge in [-0.25, -0.2) is 0 Å². The largest absolute Gasteiger partial charge is 0.383 e. The van der Waals surface area contributed by atoms with Gasteiger partial charge in [0.2, 0.25) is 0 Å². The Bertz CT molecular complexity index is 112. The lowest BCUT2D eigenvalue weighted by Gasteiger charge is -2.50. The highest BCUT2D eigenvalue weighted by molar-refractivity contribution is 4.96. The number of hydrogen-bond acceptors (Lipinski definition) is 2. The van der Waals surface area contributed by atoms with E-state index in [0.717, 1.165) is 6.61 Å². The summed E-state index contributed by atoms with van der Waals surface area (Å²) in [5.41, 5.74) is 0.384. The van der Waals surface area contributed by atoms with Crippen molar-refractivity contribution in [1.29, 1.82) is 0 Å². The second-order valence-electron chi connectivity index (χ2n) is 3.18. The van der Waals surface area contributed by atoms with Crippen LogP contribution in [-0.2, 0) is 4.74 Å². The summed E-state index contributed by atoms with van der Waals surface area (Å²) in [5, 5.41) is 0. The summed E-state index contributed by atoms with van der Waals surface area (Å²) in [7, 11) is 3.95. The van der Waals surface area contributed by atoms with Crippen molar-refractivity contribution >= 4 is 0 Å². The summed E-state index contributed by atoms with van der Waals surface area (Å²) in [6, 6.07) is 0. The minimum Gasteiger partial charge on any atom is -0.383 e. The Hall–Kier alpha value is -0.0800. The fraction of sp³-hybridized carbons (Fsp3) is 1.00. The molecule has 1 aliphatic rings. The normalized spacial score (nSPS) is 33.9. The molecule has 0 aromatic heterocycles. The summed E-state index contributed by atoms with van der Waals surface area (Å²) < 4.78 is 5.17. The minimum atomic E-state index is 0.384. The molecule has 1 unspecified atom stereocenters. The fourth-order valence-corrected chi connectivity index (χ4v) is 1.65. The second kappa shape index (κ2) is 2.89. The molecule has 0 aromatic rings. The van der Waals surface area contributed by atoms with E-state index < -0.39 is 0 Å². The van der Waals surface area contributed by atoms with E-state index >= 15 is 0 Å². The van der Waals surface area contributed by atoms with Gasteiger partial charge in [-0.05, 0) is 19.9 Å². The summed E-state index contributed by atoms with van der Waals surface area (Å²) >= 11 is 0. The van der Waals surface area contributed by atoms with Gasteiger partial charge in [0.1, 0.15) is 0 Å². The molecule has 0 saturated carbocycles. The molecule has 1 atom stereocenters. The first-order valence-corrected chi connectivity index (χ1v) is 3.95. The Kier molecular flexibility index (Phi) is 2.32. The fourth-order valence-electron chi connectivity index (χ4n) is 1.65. The van der Waals surface area contributed by atoms with Crippen LogP contribution in [0.2, 0.25) is 0 Å². The van der Waals surface area contributed by atoms with Crippen LogP contribution < -0.4 is 0 Å². The molecular formula is C8H17NO. The van der Waals surface area contributed by atoms with Gasteiger partial charge >= 0.3 is 0 Å². The van der Waals surface area contributed by atoms with Crippen LogP contribution in [0.3, 0.4) is 0 Å². The average molecular weight is 143 g/mol. The van der Waals surface area contributed by atoms with Gasteiger partial charge in [0, 0.05) is 19.2 Å². The smallest absolute Gasteiger partial charge is 0.0646 e. The number of hydrogen-bond donors (Lipinski definition) is 0. The molecule has 1 saturated heterocycles. The van der Waals surface area contributed by atoms with Crippen molar-refractivity contribution in [3.63, 3.8) is 0 Å². The molecule has 0 aliphatic carbocycles. The molecule has 0 bridgehead atoms. The zero-order chi connectivity index (χ0) is 7.61. The van der Waals surface area contributed by atoms with Gasteiger partial charge in [-0.15, -0.1) is 0 Å². The Labute approximate surface area is 63.2 Å². The second-order valence-corrected chi connectivity index (χ2v) is 3.18. The Morgan fingerprint density at radius 1 is 1.60 bits per heavy atom. The Morgan fingerprint density at radius 2 is 2.30 bits per heavy atom. The van der Waals surface area contributed by atoms with Crippen molar-refractivity contribution < 1.29 is 4.74 Å². The maximum Gasteiger partial charge on any atom is 0.0646 e. The van der Waals surface area contributed by atoms with E-state index in [9.17, 15) is 0 Å². The number of methoxy groups -OCH3 is 1. The van der Waals surface area contributed by atoms with Crippen LogP contribution in [0.15, 0.2) is 0 Å². The van der Waals surface area contributed by atoms with Gasteiger partial charge < -0.3 is 4.74 Å². The third-order valence-corrected chi connectivity index (χ3v) is 2.79. The first kappa shape index (κ1) is 8.02. The monoisotopic (exact) mass is 143 g/mol. The summed E-state index contributed by atoms with van der Waals surface area (Å²) in [6.07, 6.45) is 2.51. The van der Waals surface area contributed by atoms with Gasteiger partial charge in [-0.2, -0.15) is 0 Å². The average Bonchev–Trinajstić information content (AvgIpc) is 1.97. The van der Waals surface area contributed by atoms with E-state index in [1.54, 1.807) is 7.11 Å². The first-order chi connectivity index (χ1) is 4.75. The molecular weight excluding hydrogens is 126 g/mol. The van der Waals surface area contributed by atoms with Crippen LogP contribution in [0.1, 0.15) is 19.8 Å². The van der Waals surface area contributed by atoms with Gasteiger partial charge in [0.05, 0.1) is 6.61 Å². The topological polar surface area (TPSA) is 12.5 Å². The van der Waals surface area contributed by atoms with E-state index in [2.05, 4.69) is 18.9 Å². The molecule has 0 N–H and O–H groups in total.